The SMILES string of the molecule is CN(C)c1ccc(/C=C2\Oc3c(ccccc3=O)C2=O)cc1. The van der Waals surface area contributed by atoms with Crippen LogP contribution in [0.25, 0.3) is 6.08 Å². The molecule has 2 aromatic carbocycles. The average molecular weight is 293 g/mol. The molecule has 0 fully saturated rings. The molecular formula is C18H15NO3. The fourth-order valence-electron chi connectivity index (χ4n) is 2.27. The molecule has 0 atom stereocenters. The van der Waals surface area contributed by atoms with Crippen molar-refractivity contribution in [1.29, 1.82) is 0 Å². The van der Waals surface area contributed by atoms with Crippen molar-refractivity contribution < 1.29 is 9.53 Å². The molecule has 1 aliphatic heterocycles. The number of ketones is 1. The number of fused-ring (bicyclic) bond motifs is 1. The maximum Gasteiger partial charge on any atom is 0.232 e. The van der Waals surface area contributed by atoms with Gasteiger partial charge in [-0.15, -0.1) is 0 Å². The molecule has 1 aliphatic rings. The lowest BCUT2D eigenvalue weighted by molar-refractivity contribution is 0.101. The van der Waals surface area contributed by atoms with Gasteiger partial charge in [0, 0.05) is 19.8 Å². The molecule has 4 nitrogen and oxygen atoms in total. The topological polar surface area (TPSA) is 46.6 Å². The van der Waals surface area contributed by atoms with Crippen molar-refractivity contribution in [1.82, 2.24) is 0 Å². The number of allylic oxidation sites excluding steroid dienone is 1. The van der Waals surface area contributed by atoms with Crippen LogP contribution in [0, 0.1) is 0 Å². The first-order valence-electron chi connectivity index (χ1n) is 6.91. The molecule has 2 aromatic rings. The summed E-state index contributed by atoms with van der Waals surface area (Å²) >= 11 is 0. The Bertz CT molecular complexity index is 820. The van der Waals surface area contributed by atoms with E-state index in [1.54, 1.807) is 24.3 Å². The highest BCUT2D eigenvalue weighted by molar-refractivity contribution is 6.14. The summed E-state index contributed by atoms with van der Waals surface area (Å²) in [4.78, 5) is 26.2. The monoisotopic (exact) mass is 293 g/mol. The third kappa shape index (κ3) is 2.51. The molecule has 110 valence electrons. The van der Waals surface area contributed by atoms with Gasteiger partial charge in [-0.1, -0.05) is 24.3 Å². The predicted molar refractivity (Wildman–Crippen MR) is 86.4 cm³/mol. The first kappa shape index (κ1) is 14.1. The predicted octanol–water partition coefficient (Wildman–Crippen LogP) is 2.73. The van der Waals surface area contributed by atoms with Crippen molar-refractivity contribution >= 4 is 17.5 Å². The second-order valence-electron chi connectivity index (χ2n) is 5.25. The summed E-state index contributed by atoms with van der Waals surface area (Å²) < 4.78 is 5.48. The molecule has 0 unspecified atom stereocenters. The van der Waals surface area contributed by atoms with Gasteiger partial charge in [0.1, 0.15) is 0 Å². The highest BCUT2D eigenvalue weighted by Crippen LogP contribution is 2.28. The summed E-state index contributed by atoms with van der Waals surface area (Å²) in [6.45, 7) is 0. The molecule has 0 aromatic heterocycles. The molecular weight excluding hydrogens is 278 g/mol. The number of hydrogen-bond donors (Lipinski definition) is 0. The average Bonchev–Trinajstić information content (AvgIpc) is 2.69. The van der Waals surface area contributed by atoms with Gasteiger partial charge >= 0.3 is 0 Å². The minimum atomic E-state index is -0.292. The van der Waals surface area contributed by atoms with Gasteiger partial charge in [0.05, 0.1) is 5.56 Å². The fraction of sp³-hybridized carbons (Fsp3) is 0.111. The number of hydrogen-bond acceptors (Lipinski definition) is 4. The van der Waals surface area contributed by atoms with Crippen LogP contribution in [-0.2, 0) is 0 Å². The van der Waals surface area contributed by atoms with Crippen LogP contribution in [-0.4, -0.2) is 19.9 Å². The standard InChI is InChI=1S/C18H15NO3/c1-19(2)13-9-7-12(8-10-13)11-16-17(21)14-5-3-4-6-15(20)18(14)22-16/h3-11H,1-2H3/b16-11-. The van der Waals surface area contributed by atoms with Crippen molar-refractivity contribution in [3.05, 3.63) is 75.6 Å². The summed E-state index contributed by atoms with van der Waals surface area (Å²) in [6.07, 6.45) is 1.65. The first-order chi connectivity index (χ1) is 10.6. The van der Waals surface area contributed by atoms with Gasteiger partial charge in [-0.2, -0.15) is 0 Å². The number of Topliss-reactive ketones (excluding diaryl/α,β-unsaturated/α-hetero) is 1. The summed E-state index contributed by atoms with van der Waals surface area (Å²) in [7, 11) is 3.92. The van der Waals surface area contributed by atoms with Gasteiger partial charge < -0.3 is 9.64 Å². The van der Waals surface area contributed by atoms with E-state index in [9.17, 15) is 9.59 Å². The van der Waals surface area contributed by atoms with Crippen LogP contribution in [0.1, 0.15) is 15.9 Å². The van der Waals surface area contributed by atoms with E-state index >= 15 is 0 Å². The van der Waals surface area contributed by atoms with Gasteiger partial charge in [-0.05, 0) is 35.9 Å². The largest absolute Gasteiger partial charge is 0.448 e. The highest BCUT2D eigenvalue weighted by atomic mass is 16.5. The van der Waals surface area contributed by atoms with Gasteiger partial charge in [0.25, 0.3) is 0 Å². The van der Waals surface area contributed by atoms with Crippen molar-refractivity contribution in [2.45, 2.75) is 0 Å². The van der Waals surface area contributed by atoms with Gasteiger partial charge in [-0.3, -0.25) is 9.59 Å². The lowest BCUT2D eigenvalue weighted by atomic mass is 10.1. The summed E-state index contributed by atoms with van der Waals surface area (Å²) in [6, 6.07) is 14.0. The number of ether oxygens (including phenoxy) is 1. The highest BCUT2D eigenvalue weighted by Gasteiger charge is 2.28. The molecule has 0 radical (unpaired) electrons. The van der Waals surface area contributed by atoms with Crippen molar-refractivity contribution in [2.24, 2.45) is 0 Å². The van der Waals surface area contributed by atoms with Crippen LogP contribution in [0.4, 0.5) is 5.69 Å². The van der Waals surface area contributed by atoms with Crippen LogP contribution in [0.15, 0.2) is 59.1 Å². The number of anilines is 1. The zero-order valence-corrected chi connectivity index (χ0v) is 12.4. The Morgan fingerprint density at radius 1 is 0.955 bits per heavy atom. The van der Waals surface area contributed by atoms with Crippen molar-refractivity contribution in [3.63, 3.8) is 0 Å². The second-order valence-corrected chi connectivity index (χ2v) is 5.25. The number of benzene rings is 1. The quantitative estimate of drug-likeness (QED) is 0.799. The molecule has 0 saturated carbocycles. The van der Waals surface area contributed by atoms with Crippen LogP contribution >= 0.6 is 0 Å². The van der Waals surface area contributed by atoms with Crippen molar-refractivity contribution in [3.8, 4) is 5.75 Å². The minimum Gasteiger partial charge on any atom is -0.448 e. The van der Waals surface area contributed by atoms with E-state index in [4.69, 9.17) is 4.74 Å². The Morgan fingerprint density at radius 3 is 2.32 bits per heavy atom. The summed E-state index contributed by atoms with van der Waals surface area (Å²) in [5.74, 6) is 0.0158. The smallest absolute Gasteiger partial charge is 0.232 e. The maximum absolute atomic E-state index is 12.3. The maximum atomic E-state index is 12.3. The lowest BCUT2D eigenvalue weighted by Crippen LogP contribution is -2.08. The molecule has 0 saturated heterocycles. The molecule has 0 bridgehead atoms. The molecule has 22 heavy (non-hydrogen) atoms. The third-order valence-corrected chi connectivity index (χ3v) is 3.48. The van der Waals surface area contributed by atoms with Gasteiger partial charge in [0.15, 0.2) is 11.5 Å². The number of carbonyl (C=O) groups excluding carboxylic acids is 1. The van der Waals surface area contributed by atoms with Crippen LogP contribution < -0.4 is 15.1 Å². The minimum absolute atomic E-state index is 0.103. The Hall–Kier alpha value is -2.88. The molecule has 3 rings (SSSR count). The Kier molecular flexibility index (Phi) is 3.51. The molecule has 0 aliphatic carbocycles. The van der Waals surface area contributed by atoms with Gasteiger partial charge in [0.2, 0.25) is 11.2 Å². The number of rotatable bonds is 2. The second kappa shape index (κ2) is 5.48. The lowest BCUT2D eigenvalue weighted by Gasteiger charge is -2.11. The molecule has 1 heterocycles. The molecule has 0 N–H and O–H groups in total. The summed E-state index contributed by atoms with van der Waals surface area (Å²) in [5, 5.41) is 0. The van der Waals surface area contributed by atoms with Crippen molar-refractivity contribution in [2.75, 3.05) is 19.0 Å². The normalized spacial score (nSPS) is 14.6. The van der Waals surface area contributed by atoms with Crippen LogP contribution in [0.2, 0.25) is 0 Å². The fourth-order valence-corrected chi connectivity index (χ4v) is 2.27. The zero-order chi connectivity index (χ0) is 15.7. The van der Waals surface area contributed by atoms with Crippen LogP contribution in [0.5, 0.6) is 5.75 Å². The molecule has 4 heteroatoms. The zero-order valence-electron chi connectivity index (χ0n) is 12.4. The number of carbonyl (C=O) groups is 1. The molecule has 0 amide bonds. The Morgan fingerprint density at radius 2 is 1.64 bits per heavy atom. The Labute approximate surface area is 128 Å². The first-order valence-corrected chi connectivity index (χ1v) is 6.91. The molecule has 0 spiro atoms. The third-order valence-electron chi connectivity index (χ3n) is 3.48. The van der Waals surface area contributed by atoms with E-state index < -0.39 is 0 Å². The summed E-state index contributed by atoms with van der Waals surface area (Å²) in [5.41, 5.74) is 1.93. The van der Waals surface area contributed by atoms with E-state index in [1.165, 1.54) is 6.07 Å². The van der Waals surface area contributed by atoms with E-state index in [1.807, 2.05) is 43.3 Å². The van der Waals surface area contributed by atoms with E-state index in [0.717, 1.165) is 11.3 Å². The van der Waals surface area contributed by atoms with Gasteiger partial charge in [-0.25, -0.2) is 0 Å². The number of nitrogens with zero attached hydrogens (tertiary/aromatic N) is 1. The van der Waals surface area contributed by atoms with E-state index in [0.29, 0.717) is 5.56 Å². The van der Waals surface area contributed by atoms with E-state index in [-0.39, 0.29) is 22.7 Å². The van der Waals surface area contributed by atoms with E-state index in [2.05, 4.69) is 0 Å². The van der Waals surface area contributed by atoms with Crippen LogP contribution in [0.3, 0.4) is 0 Å². The Balaban J connectivity index is 1.96.